The minimum Gasteiger partial charge on any atom is -0.398 e. The first-order valence-electron chi connectivity index (χ1n) is 5.43. The smallest absolute Gasteiger partial charge is 0.251 e. The predicted octanol–water partition coefficient (Wildman–Crippen LogP) is 2.88. The van der Waals surface area contributed by atoms with E-state index in [0.717, 1.165) is 22.0 Å². The second-order valence-electron chi connectivity index (χ2n) is 3.52. The lowest BCUT2D eigenvalue weighted by atomic mass is 10.3. The van der Waals surface area contributed by atoms with Crippen molar-refractivity contribution in [2.24, 2.45) is 5.16 Å². The van der Waals surface area contributed by atoms with Gasteiger partial charge in [-0.3, -0.25) is 9.59 Å². The zero-order valence-corrected chi connectivity index (χ0v) is 13.5. The summed E-state index contributed by atoms with van der Waals surface area (Å²) in [6.45, 7) is 0. The van der Waals surface area contributed by atoms with Crippen molar-refractivity contribution in [2.75, 3.05) is 12.4 Å². The standard InChI is InChI=1S/C12H9BrN2O3S2/c1-18-15-10(8(16)6-13)11(17)20-12-14-7-4-2-3-5-9(7)19-12/h2-5H,6H2,1H3/b15-10-. The summed E-state index contributed by atoms with van der Waals surface area (Å²) in [6, 6.07) is 7.58. The minimum atomic E-state index is -0.477. The number of oxime groups is 1. The molecule has 1 aromatic carbocycles. The molecule has 0 unspecified atom stereocenters. The number of carbonyl (C=O) groups excluding carboxylic acids is 2. The van der Waals surface area contributed by atoms with Crippen molar-refractivity contribution in [1.82, 2.24) is 4.98 Å². The van der Waals surface area contributed by atoms with Crippen LogP contribution in [0, 0.1) is 0 Å². The highest BCUT2D eigenvalue weighted by atomic mass is 79.9. The molecule has 0 amide bonds. The number of nitrogens with zero attached hydrogens (tertiary/aromatic N) is 2. The van der Waals surface area contributed by atoms with E-state index in [0.29, 0.717) is 4.34 Å². The van der Waals surface area contributed by atoms with Crippen molar-refractivity contribution in [3.63, 3.8) is 0 Å². The zero-order chi connectivity index (χ0) is 14.5. The lowest BCUT2D eigenvalue weighted by Gasteiger charge is -1.99. The molecule has 0 saturated carbocycles. The molecule has 8 heteroatoms. The molecule has 0 spiro atoms. The fraction of sp³-hybridized carbons (Fsp3) is 0.167. The molecular formula is C12H9BrN2O3S2. The SMILES string of the molecule is CO/N=C(/C(=O)CBr)C(=O)Sc1nc2ccccc2s1. The number of carbonyl (C=O) groups is 2. The molecular weight excluding hydrogens is 364 g/mol. The van der Waals surface area contributed by atoms with Crippen LogP contribution in [0.2, 0.25) is 0 Å². The van der Waals surface area contributed by atoms with Crippen LogP contribution in [0.3, 0.4) is 0 Å². The molecule has 0 aliphatic heterocycles. The average Bonchev–Trinajstić information content (AvgIpc) is 2.85. The van der Waals surface area contributed by atoms with E-state index in [-0.39, 0.29) is 11.0 Å². The Bertz CT molecular complexity index is 651. The van der Waals surface area contributed by atoms with Crippen LogP contribution in [0.5, 0.6) is 0 Å². The van der Waals surface area contributed by atoms with Crippen molar-refractivity contribution >= 4 is 65.9 Å². The number of benzene rings is 1. The van der Waals surface area contributed by atoms with Gasteiger partial charge in [-0.25, -0.2) is 4.98 Å². The minimum absolute atomic E-state index is 0.0152. The van der Waals surface area contributed by atoms with E-state index in [1.54, 1.807) is 0 Å². The Balaban J connectivity index is 2.21. The van der Waals surface area contributed by atoms with E-state index in [2.05, 4.69) is 30.9 Å². The second-order valence-corrected chi connectivity index (χ2v) is 6.33. The van der Waals surface area contributed by atoms with Gasteiger partial charge in [-0.2, -0.15) is 0 Å². The first-order chi connectivity index (χ1) is 9.65. The normalized spacial score (nSPS) is 11.6. The van der Waals surface area contributed by atoms with Gasteiger partial charge in [0.15, 0.2) is 10.1 Å². The fourth-order valence-corrected chi connectivity index (χ4v) is 3.55. The van der Waals surface area contributed by atoms with Gasteiger partial charge in [0.2, 0.25) is 5.71 Å². The van der Waals surface area contributed by atoms with Crippen LogP contribution in [0.1, 0.15) is 0 Å². The highest BCUT2D eigenvalue weighted by Crippen LogP contribution is 2.30. The number of halogens is 1. The first kappa shape index (κ1) is 15.1. The monoisotopic (exact) mass is 372 g/mol. The van der Waals surface area contributed by atoms with Gasteiger partial charge in [0.05, 0.1) is 15.5 Å². The zero-order valence-electron chi connectivity index (χ0n) is 10.3. The van der Waals surface area contributed by atoms with Gasteiger partial charge in [0, 0.05) is 0 Å². The number of rotatable bonds is 5. The Labute approximate surface area is 131 Å². The number of hydrogen-bond donors (Lipinski definition) is 0. The highest BCUT2D eigenvalue weighted by Gasteiger charge is 2.23. The molecule has 0 fully saturated rings. The molecule has 2 aromatic rings. The summed E-state index contributed by atoms with van der Waals surface area (Å²) in [5, 5.41) is 3.03. The third kappa shape index (κ3) is 3.44. The van der Waals surface area contributed by atoms with E-state index < -0.39 is 10.9 Å². The lowest BCUT2D eigenvalue weighted by Crippen LogP contribution is -2.23. The number of para-hydroxylation sites is 1. The van der Waals surface area contributed by atoms with Crippen LogP contribution in [0.25, 0.3) is 10.2 Å². The van der Waals surface area contributed by atoms with Crippen molar-refractivity contribution in [2.45, 2.75) is 4.34 Å². The Morgan fingerprint density at radius 3 is 2.85 bits per heavy atom. The first-order valence-corrected chi connectivity index (χ1v) is 8.19. The molecule has 0 bridgehead atoms. The number of fused-ring (bicyclic) bond motifs is 1. The maximum Gasteiger partial charge on any atom is 0.251 e. The molecule has 2 rings (SSSR count). The van der Waals surface area contributed by atoms with Gasteiger partial charge in [0.1, 0.15) is 7.11 Å². The molecule has 1 heterocycles. The molecule has 0 atom stereocenters. The molecule has 20 heavy (non-hydrogen) atoms. The van der Waals surface area contributed by atoms with E-state index >= 15 is 0 Å². The summed E-state index contributed by atoms with van der Waals surface area (Å²) in [5.74, 6) is -0.425. The fourth-order valence-electron chi connectivity index (χ4n) is 1.38. The summed E-state index contributed by atoms with van der Waals surface area (Å²) in [6.07, 6.45) is 0. The summed E-state index contributed by atoms with van der Waals surface area (Å²) in [5.41, 5.74) is 0.596. The molecule has 0 radical (unpaired) electrons. The van der Waals surface area contributed by atoms with Crippen molar-refractivity contribution in [1.29, 1.82) is 0 Å². The van der Waals surface area contributed by atoms with E-state index in [1.165, 1.54) is 18.4 Å². The van der Waals surface area contributed by atoms with E-state index in [1.807, 2.05) is 24.3 Å². The largest absolute Gasteiger partial charge is 0.398 e. The van der Waals surface area contributed by atoms with Crippen molar-refractivity contribution < 1.29 is 14.4 Å². The quantitative estimate of drug-likeness (QED) is 0.265. The van der Waals surface area contributed by atoms with Crippen LogP contribution in [-0.4, -0.2) is 34.0 Å². The third-order valence-corrected chi connectivity index (χ3v) is 4.70. The summed E-state index contributed by atoms with van der Waals surface area (Å²) in [7, 11) is 1.29. The van der Waals surface area contributed by atoms with E-state index in [9.17, 15) is 9.59 Å². The number of ketones is 1. The van der Waals surface area contributed by atoms with Gasteiger partial charge >= 0.3 is 0 Å². The number of aromatic nitrogens is 1. The van der Waals surface area contributed by atoms with Crippen LogP contribution in [-0.2, 0) is 14.4 Å². The summed E-state index contributed by atoms with van der Waals surface area (Å²) in [4.78, 5) is 32.5. The second kappa shape index (κ2) is 6.96. The topological polar surface area (TPSA) is 68.6 Å². The number of thioether (sulfide) groups is 1. The third-order valence-electron chi connectivity index (χ3n) is 2.22. The van der Waals surface area contributed by atoms with Crippen molar-refractivity contribution in [3.05, 3.63) is 24.3 Å². The number of alkyl halides is 1. The number of thiazole rings is 1. The maximum atomic E-state index is 12.1. The van der Waals surface area contributed by atoms with Crippen LogP contribution in [0.4, 0.5) is 0 Å². The van der Waals surface area contributed by atoms with Crippen LogP contribution in [0.15, 0.2) is 33.8 Å². The van der Waals surface area contributed by atoms with Gasteiger partial charge in [0.25, 0.3) is 5.12 Å². The number of Topliss-reactive ketones (excluding diaryl/α,β-unsaturated/α-hetero) is 1. The van der Waals surface area contributed by atoms with Gasteiger partial charge < -0.3 is 4.84 Å². The van der Waals surface area contributed by atoms with Crippen molar-refractivity contribution in [3.8, 4) is 0 Å². The molecule has 5 nitrogen and oxygen atoms in total. The Morgan fingerprint density at radius 2 is 2.20 bits per heavy atom. The average molecular weight is 373 g/mol. The molecule has 1 aromatic heterocycles. The summed E-state index contributed by atoms with van der Waals surface area (Å²) >= 11 is 5.28. The molecule has 0 aliphatic carbocycles. The summed E-state index contributed by atoms with van der Waals surface area (Å²) < 4.78 is 1.56. The Hall–Kier alpha value is -1.25. The molecule has 0 N–H and O–H groups in total. The van der Waals surface area contributed by atoms with E-state index in [4.69, 9.17) is 0 Å². The molecule has 0 aliphatic rings. The van der Waals surface area contributed by atoms with Gasteiger partial charge in [-0.1, -0.05) is 33.2 Å². The van der Waals surface area contributed by atoms with Gasteiger partial charge in [-0.05, 0) is 23.9 Å². The van der Waals surface area contributed by atoms with Crippen LogP contribution < -0.4 is 0 Å². The molecule has 0 saturated heterocycles. The highest BCUT2D eigenvalue weighted by molar-refractivity contribution is 9.09. The Morgan fingerprint density at radius 1 is 1.45 bits per heavy atom. The predicted molar refractivity (Wildman–Crippen MR) is 83.7 cm³/mol. The maximum absolute atomic E-state index is 12.1. The lowest BCUT2D eigenvalue weighted by molar-refractivity contribution is -0.112. The molecule has 104 valence electrons. The van der Waals surface area contributed by atoms with Crippen LogP contribution >= 0.6 is 39.0 Å². The Kier molecular flexibility index (Phi) is 5.27. The number of hydrogen-bond acceptors (Lipinski definition) is 7. The van der Waals surface area contributed by atoms with Gasteiger partial charge in [-0.15, -0.1) is 11.3 Å².